The summed E-state index contributed by atoms with van der Waals surface area (Å²) in [6.45, 7) is 0. The highest BCUT2D eigenvalue weighted by Gasteiger charge is 2.21. The van der Waals surface area contributed by atoms with Gasteiger partial charge in [0.15, 0.2) is 11.5 Å². The number of hydrogen-bond donors (Lipinski definition) is 4. The van der Waals surface area contributed by atoms with Gasteiger partial charge < -0.3 is 25.4 Å². The highest BCUT2D eigenvalue weighted by atomic mass is 16.5. The lowest BCUT2D eigenvalue weighted by Crippen LogP contribution is -2.42. The maximum atomic E-state index is 12.1. The van der Waals surface area contributed by atoms with E-state index in [1.54, 1.807) is 12.1 Å². The molecule has 2 aromatic carbocycles. The molecule has 0 aliphatic rings. The quantitative estimate of drug-likeness (QED) is 0.355. The Morgan fingerprint density at radius 3 is 2.38 bits per heavy atom. The first-order valence-corrected chi connectivity index (χ1v) is 7.75. The molecule has 0 radical (unpaired) electrons. The van der Waals surface area contributed by atoms with Gasteiger partial charge >= 0.3 is 5.97 Å². The number of methoxy groups -OCH3 is 1. The van der Waals surface area contributed by atoms with Gasteiger partial charge in [-0.15, -0.1) is 0 Å². The van der Waals surface area contributed by atoms with E-state index < -0.39 is 17.9 Å². The zero-order valence-corrected chi connectivity index (χ0v) is 14.0. The topological polar surface area (TPSA) is 116 Å². The first-order valence-electron chi connectivity index (χ1n) is 7.75. The molecule has 0 unspecified atom stereocenters. The molecule has 0 saturated heterocycles. The van der Waals surface area contributed by atoms with Crippen molar-refractivity contribution in [1.29, 1.82) is 0 Å². The zero-order valence-electron chi connectivity index (χ0n) is 14.0. The van der Waals surface area contributed by atoms with Crippen LogP contribution in [0.15, 0.2) is 48.5 Å². The van der Waals surface area contributed by atoms with E-state index in [0.717, 1.165) is 5.56 Å². The Balaban J connectivity index is 2.05. The van der Waals surface area contributed by atoms with Crippen molar-refractivity contribution < 1.29 is 29.6 Å². The number of carbonyl (C=O) groups is 2. The number of amides is 1. The van der Waals surface area contributed by atoms with Crippen molar-refractivity contribution in [3.63, 3.8) is 0 Å². The summed E-state index contributed by atoms with van der Waals surface area (Å²) < 4.78 is 4.71. The summed E-state index contributed by atoms with van der Waals surface area (Å²) in [7, 11) is 1.23. The van der Waals surface area contributed by atoms with Gasteiger partial charge in [-0.25, -0.2) is 4.79 Å². The molecule has 1 atom stereocenters. The molecule has 4 N–H and O–H groups in total. The Morgan fingerprint density at radius 1 is 1.08 bits per heavy atom. The molecule has 2 aromatic rings. The molecule has 2 rings (SSSR count). The standard InChI is InChI=1S/C19H19NO6/c1-26-19(25)15(10-12-2-6-14(21)7-3-12)20-18(24)9-5-13-4-8-16(22)17(23)11-13/h2-9,11,15,21-23H,10H2,1H3,(H,20,24)/t15-/m0/s1. The van der Waals surface area contributed by atoms with Crippen molar-refractivity contribution in [2.75, 3.05) is 7.11 Å². The minimum Gasteiger partial charge on any atom is -0.508 e. The molecule has 0 aliphatic heterocycles. The number of phenolic OH excluding ortho intramolecular Hbond substituents is 3. The van der Waals surface area contributed by atoms with Gasteiger partial charge in [-0.1, -0.05) is 18.2 Å². The van der Waals surface area contributed by atoms with Gasteiger partial charge in [0.2, 0.25) is 5.91 Å². The Bertz CT molecular complexity index is 813. The normalized spacial score (nSPS) is 11.9. The van der Waals surface area contributed by atoms with E-state index in [9.17, 15) is 24.9 Å². The summed E-state index contributed by atoms with van der Waals surface area (Å²) in [6.07, 6.45) is 2.84. The van der Waals surface area contributed by atoms with Gasteiger partial charge in [0.05, 0.1) is 7.11 Å². The average molecular weight is 357 g/mol. The number of esters is 1. The smallest absolute Gasteiger partial charge is 0.328 e. The monoisotopic (exact) mass is 357 g/mol. The van der Waals surface area contributed by atoms with Gasteiger partial charge in [0.1, 0.15) is 11.8 Å². The van der Waals surface area contributed by atoms with E-state index >= 15 is 0 Å². The summed E-state index contributed by atoms with van der Waals surface area (Å²) in [5, 5.41) is 30.6. The highest BCUT2D eigenvalue weighted by Crippen LogP contribution is 2.25. The van der Waals surface area contributed by atoms with Gasteiger partial charge in [-0.05, 0) is 41.5 Å². The van der Waals surface area contributed by atoms with E-state index in [1.165, 1.54) is 49.6 Å². The summed E-state index contributed by atoms with van der Waals surface area (Å²) >= 11 is 0. The van der Waals surface area contributed by atoms with Gasteiger partial charge in [-0.3, -0.25) is 4.79 Å². The lowest BCUT2D eigenvalue weighted by Gasteiger charge is -2.15. The van der Waals surface area contributed by atoms with E-state index in [4.69, 9.17) is 4.74 Å². The van der Waals surface area contributed by atoms with E-state index in [-0.39, 0.29) is 23.7 Å². The molecule has 7 heteroatoms. The van der Waals surface area contributed by atoms with Crippen molar-refractivity contribution in [3.05, 3.63) is 59.7 Å². The van der Waals surface area contributed by atoms with Crippen LogP contribution in [0, 0.1) is 0 Å². The van der Waals surface area contributed by atoms with Crippen LogP contribution in [0.25, 0.3) is 6.08 Å². The number of rotatable bonds is 6. The average Bonchev–Trinajstić information content (AvgIpc) is 2.63. The predicted octanol–water partition coefficient (Wildman–Crippen LogP) is 1.72. The fraction of sp³-hybridized carbons (Fsp3) is 0.158. The number of phenols is 3. The molecule has 0 bridgehead atoms. The SMILES string of the molecule is COC(=O)[C@H](Cc1ccc(O)cc1)NC(=O)C=Cc1ccc(O)c(O)c1. The molecule has 26 heavy (non-hydrogen) atoms. The minimum atomic E-state index is -0.894. The predicted molar refractivity (Wildman–Crippen MR) is 94.6 cm³/mol. The molecule has 0 aliphatic carbocycles. The molecular weight excluding hydrogens is 338 g/mol. The van der Waals surface area contributed by atoms with Gasteiger partial charge in [0.25, 0.3) is 0 Å². The van der Waals surface area contributed by atoms with Crippen molar-refractivity contribution in [3.8, 4) is 17.2 Å². The number of nitrogens with one attached hydrogen (secondary N) is 1. The van der Waals surface area contributed by atoms with Gasteiger partial charge in [-0.2, -0.15) is 0 Å². The van der Waals surface area contributed by atoms with Crippen LogP contribution in [0.3, 0.4) is 0 Å². The molecule has 136 valence electrons. The van der Waals surface area contributed by atoms with Crippen LogP contribution in [-0.4, -0.2) is 40.3 Å². The Kier molecular flexibility index (Phi) is 6.21. The Morgan fingerprint density at radius 2 is 1.77 bits per heavy atom. The Labute approximate surface area is 150 Å². The second-order valence-electron chi connectivity index (χ2n) is 5.54. The van der Waals surface area contributed by atoms with Crippen molar-refractivity contribution >= 4 is 18.0 Å². The largest absolute Gasteiger partial charge is 0.508 e. The van der Waals surface area contributed by atoms with Crippen LogP contribution < -0.4 is 5.32 Å². The molecule has 7 nitrogen and oxygen atoms in total. The summed E-state index contributed by atoms with van der Waals surface area (Å²) in [4.78, 5) is 24.0. The zero-order chi connectivity index (χ0) is 19.1. The summed E-state index contributed by atoms with van der Waals surface area (Å²) in [5.74, 6) is -1.57. The van der Waals surface area contributed by atoms with Crippen molar-refractivity contribution in [2.45, 2.75) is 12.5 Å². The fourth-order valence-corrected chi connectivity index (χ4v) is 2.24. The van der Waals surface area contributed by atoms with Crippen LogP contribution in [0.1, 0.15) is 11.1 Å². The third-order valence-electron chi connectivity index (χ3n) is 3.60. The molecular formula is C19H19NO6. The third-order valence-corrected chi connectivity index (χ3v) is 3.60. The van der Waals surface area contributed by atoms with E-state index in [2.05, 4.69) is 5.32 Å². The summed E-state index contributed by atoms with van der Waals surface area (Å²) in [6, 6.07) is 9.50. The van der Waals surface area contributed by atoms with E-state index in [0.29, 0.717) is 5.56 Å². The van der Waals surface area contributed by atoms with Crippen LogP contribution >= 0.6 is 0 Å². The molecule has 0 heterocycles. The number of hydrogen-bond acceptors (Lipinski definition) is 6. The van der Waals surface area contributed by atoms with Crippen LogP contribution in [0.4, 0.5) is 0 Å². The molecule has 1 amide bonds. The fourth-order valence-electron chi connectivity index (χ4n) is 2.24. The second kappa shape index (κ2) is 8.57. The van der Waals surface area contributed by atoms with Gasteiger partial charge in [0, 0.05) is 12.5 Å². The number of carbonyl (C=O) groups excluding carboxylic acids is 2. The molecule has 0 saturated carbocycles. The van der Waals surface area contributed by atoms with Crippen LogP contribution in [-0.2, 0) is 20.7 Å². The second-order valence-corrected chi connectivity index (χ2v) is 5.54. The summed E-state index contributed by atoms with van der Waals surface area (Å²) in [5.41, 5.74) is 1.24. The lowest BCUT2D eigenvalue weighted by atomic mass is 10.1. The molecule has 0 fully saturated rings. The first-order chi connectivity index (χ1) is 12.4. The lowest BCUT2D eigenvalue weighted by molar-refractivity contribution is -0.144. The molecule has 0 aromatic heterocycles. The number of aromatic hydroxyl groups is 3. The maximum absolute atomic E-state index is 12.1. The minimum absolute atomic E-state index is 0.104. The Hall–Kier alpha value is -3.48. The number of benzene rings is 2. The van der Waals surface area contributed by atoms with Crippen molar-refractivity contribution in [2.24, 2.45) is 0 Å². The first kappa shape index (κ1) is 18.9. The van der Waals surface area contributed by atoms with Crippen LogP contribution in [0.2, 0.25) is 0 Å². The highest BCUT2D eigenvalue weighted by molar-refractivity contribution is 5.94. The van der Waals surface area contributed by atoms with E-state index in [1.807, 2.05) is 0 Å². The number of ether oxygens (including phenoxy) is 1. The molecule has 0 spiro atoms. The maximum Gasteiger partial charge on any atom is 0.328 e. The van der Waals surface area contributed by atoms with Crippen LogP contribution in [0.5, 0.6) is 17.2 Å². The van der Waals surface area contributed by atoms with Crippen molar-refractivity contribution in [1.82, 2.24) is 5.32 Å². The third kappa shape index (κ3) is 5.27.